The van der Waals surface area contributed by atoms with Crippen LogP contribution in [0.2, 0.25) is 0 Å². The van der Waals surface area contributed by atoms with Crippen molar-refractivity contribution in [3.8, 4) is 0 Å². The highest BCUT2D eigenvalue weighted by atomic mass is 32.2. The largest absolute Gasteiger partial charge is 0.310 e. The lowest BCUT2D eigenvalue weighted by atomic mass is 10.2. The fourth-order valence-corrected chi connectivity index (χ4v) is 2.85. The molecule has 2 aromatic heterocycles. The second-order valence-electron chi connectivity index (χ2n) is 4.31. The summed E-state index contributed by atoms with van der Waals surface area (Å²) in [5, 5.41) is 12.2. The highest BCUT2D eigenvalue weighted by Gasteiger charge is 2.06. The van der Waals surface area contributed by atoms with E-state index in [4.69, 9.17) is 0 Å². The number of nitrogens with zero attached hydrogens (tertiary/aromatic N) is 3. The lowest BCUT2D eigenvalue weighted by Gasteiger charge is -2.09. The fraction of sp³-hybridized carbons (Fsp3) is 0.417. The molecule has 0 aliphatic heterocycles. The molecule has 18 heavy (non-hydrogen) atoms. The molecule has 0 spiro atoms. The van der Waals surface area contributed by atoms with E-state index in [2.05, 4.69) is 47.3 Å². The number of nitrogens with one attached hydrogen (secondary N) is 1. The maximum absolute atomic E-state index is 4.49. The Labute approximate surface area is 115 Å². The van der Waals surface area contributed by atoms with E-state index in [1.165, 1.54) is 22.5 Å². The molecule has 0 radical (unpaired) electrons. The van der Waals surface area contributed by atoms with Crippen LogP contribution in [-0.4, -0.2) is 21.2 Å². The van der Waals surface area contributed by atoms with Crippen LogP contribution in [0.4, 0.5) is 0 Å². The molecule has 0 aliphatic carbocycles. The summed E-state index contributed by atoms with van der Waals surface area (Å²) < 4.78 is 0.929. The molecule has 0 aliphatic rings. The van der Waals surface area contributed by atoms with E-state index in [9.17, 15) is 0 Å². The molecular weight excluding hydrogens is 264 g/mol. The Morgan fingerprint density at radius 3 is 2.89 bits per heavy atom. The predicted octanol–water partition coefficient (Wildman–Crippen LogP) is 2.89. The van der Waals surface area contributed by atoms with Crippen molar-refractivity contribution in [3.05, 3.63) is 28.9 Å². The van der Waals surface area contributed by atoms with E-state index in [1.54, 1.807) is 17.3 Å². The number of hydrogen-bond acceptors (Lipinski definition) is 6. The van der Waals surface area contributed by atoms with Gasteiger partial charge < -0.3 is 5.32 Å². The molecule has 0 bridgehead atoms. The van der Waals surface area contributed by atoms with E-state index in [-0.39, 0.29) is 0 Å². The minimum atomic E-state index is 0.487. The van der Waals surface area contributed by atoms with Crippen molar-refractivity contribution in [2.45, 2.75) is 42.7 Å². The predicted molar refractivity (Wildman–Crippen MR) is 75.0 cm³/mol. The SMILES string of the molecule is Cc1cc(CNC(C)C)cnc1Sc1nncs1. The quantitative estimate of drug-likeness (QED) is 0.912. The van der Waals surface area contributed by atoms with Gasteiger partial charge in [-0.15, -0.1) is 10.2 Å². The number of aryl methyl sites for hydroxylation is 1. The summed E-state index contributed by atoms with van der Waals surface area (Å²) in [5.74, 6) is 0. The van der Waals surface area contributed by atoms with E-state index < -0.39 is 0 Å². The molecule has 4 nitrogen and oxygen atoms in total. The van der Waals surface area contributed by atoms with Crippen LogP contribution in [0, 0.1) is 6.92 Å². The lowest BCUT2D eigenvalue weighted by molar-refractivity contribution is 0.587. The van der Waals surface area contributed by atoms with E-state index >= 15 is 0 Å². The average molecular weight is 280 g/mol. The van der Waals surface area contributed by atoms with Gasteiger partial charge in [-0.3, -0.25) is 0 Å². The van der Waals surface area contributed by atoms with Crippen molar-refractivity contribution < 1.29 is 0 Å². The monoisotopic (exact) mass is 280 g/mol. The first-order chi connectivity index (χ1) is 8.65. The third kappa shape index (κ3) is 3.76. The van der Waals surface area contributed by atoms with E-state index in [0.29, 0.717) is 6.04 Å². The van der Waals surface area contributed by atoms with Crippen molar-refractivity contribution in [2.75, 3.05) is 0 Å². The van der Waals surface area contributed by atoms with Gasteiger partial charge in [0, 0.05) is 18.8 Å². The summed E-state index contributed by atoms with van der Waals surface area (Å²) in [7, 11) is 0. The zero-order valence-electron chi connectivity index (χ0n) is 10.7. The van der Waals surface area contributed by atoms with Crippen LogP contribution in [0.3, 0.4) is 0 Å². The van der Waals surface area contributed by atoms with Gasteiger partial charge in [-0.2, -0.15) is 0 Å². The maximum Gasteiger partial charge on any atom is 0.180 e. The second-order valence-corrected chi connectivity index (χ2v) is 6.38. The molecule has 0 aromatic carbocycles. The van der Waals surface area contributed by atoms with E-state index in [0.717, 1.165) is 15.9 Å². The van der Waals surface area contributed by atoms with Gasteiger partial charge >= 0.3 is 0 Å². The first-order valence-corrected chi connectivity index (χ1v) is 7.47. The standard InChI is InChI=1S/C12H16N4S2/c1-8(2)13-5-10-4-9(3)11(14-6-10)18-12-16-15-7-17-12/h4,6-8,13H,5H2,1-3H3. The molecule has 2 heterocycles. The number of aromatic nitrogens is 3. The zero-order valence-corrected chi connectivity index (χ0v) is 12.3. The summed E-state index contributed by atoms with van der Waals surface area (Å²) >= 11 is 3.10. The lowest BCUT2D eigenvalue weighted by Crippen LogP contribution is -2.21. The first-order valence-electron chi connectivity index (χ1n) is 5.78. The topological polar surface area (TPSA) is 50.7 Å². The molecular formula is C12H16N4S2. The Morgan fingerprint density at radius 1 is 1.44 bits per heavy atom. The Morgan fingerprint density at radius 2 is 2.28 bits per heavy atom. The van der Waals surface area contributed by atoms with Crippen LogP contribution < -0.4 is 5.32 Å². The third-order valence-electron chi connectivity index (χ3n) is 2.33. The number of pyridine rings is 1. The average Bonchev–Trinajstić information content (AvgIpc) is 2.82. The van der Waals surface area contributed by atoms with Gasteiger partial charge in [0.05, 0.1) is 0 Å². The minimum absolute atomic E-state index is 0.487. The molecule has 0 fully saturated rings. The smallest absolute Gasteiger partial charge is 0.180 e. The van der Waals surface area contributed by atoms with Crippen molar-refractivity contribution in [1.29, 1.82) is 0 Å². The summed E-state index contributed by atoms with van der Waals surface area (Å²) in [5.41, 5.74) is 4.12. The van der Waals surface area contributed by atoms with Crippen LogP contribution in [0.1, 0.15) is 25.0 Å². The van der Waals surface area contributed by atoms with Crippen LogP contribution in [0.5, 0.6) is 0 Å². The van der Waals surface area contributed by atoms with Gasteiger partial charge in [-0.25, -0.2) is 4.98 Å². The van der Waals surface area contributed by atoms with Crippen LogP contribution in [0.25, 0.3) is 0 Å². The summed E-state index contributed by atoms with van der Waals surface area (Å²) in [4.78, 5) is 4.49. The van der Waals surface area contributed by atoms with Gasteiger partial charge in [0.25, 0.3) is 0 Å². The molecule has 0 atom stereocenters. The van der Waals surface area contributed by atoms with Gasteiger partial charge in [-0.1, -0.05) is 31.3 Å². The Bertz CT molecular complexity index is 497. The van der Waals surface area contributed by atoms with Crippen molar-refractivity contribution in [1.82, 2.24) is 20.5 Å². The van der Waals surface area contributed by atoms with Crippen molar-refractivity contribution >= 4 is 23.1 Å². The van der Waals surface area contributed by atoms with Gasteiger partial charge in [0.2, 0.25) is 0 Å². The van der Waals surface area contributed by atoms with Gasteiger partial charge in [0.1, 0.15) is 10.5 Å². The van der Waals surface area contributed by atoms with Crippen molar-refractivity contribution in [3.63, 3.8) is 0 Å². The second kappa shape index (κ2) is 6.26. The number of hydrogen-bond donors (Lipinski definition) is 1. The van der Waals surface area contributed by atoms with E-state index in [1.807, 2.05) is 6.20 Å². The molecule has 6 heteroatoms. The Hall–Kier alpha value is -0.980. The normalized spacial score (nSPS) is 11.1. The molecule has 96 valence electrons. The van der Waals surface area contributed by atoms with Gasteiger partial charge in [0.15, 0.2) is 4.34 Å². The van der Waals surface area contributed by atoms with Crippen molar-refractivity contribution in [2.24, 2.45) is 0 Å². The molecule has 0 unspecified atom stereocenters. The molecule has 2 aromatic rings. The van der Waals surface area contributed by atoms with Gasteiger partial charge in [-0.05, 0) is 29.8 Å². The molecule has 0 amide bonds. The fourth-order valence-electron chi connectivity index (χ4n) is 1.44. The molecule has 0 saturated heterocycles. The Balaban J connectivity index is 2.05. The molecule has 2 rings (SSSR count). The molecule has 0 saturated carbocycles. The summed E-state index contributed by atoms with van der Waals surface area (Å²) in [6.07, 6.45) is 1.92. The highest BCUT2D eigenvalue weighted by Crippen LogP contribution is 2.29. The summed E-state index contributed by atoms with van der Waals surface area (Å²) in [6.45, 7) is 7.21. The Kier molecular flexibility index (Phi) is 4.68. The number of rotatable bonds is 5. The first kappa shape index (κ1) is 13.5. The molecule has 1 N–H and O–H groups in total. The van der Waals surface area contributed by atoms with Crippen LogP contribution in [0.15, 0.2) is 27.1 Å². The summed E-state index contributed by atoms with van der Waals surface area (Å²) in [6, 6.07) is 2.66. The third-order valence-corrected chi connectivity index (χ3v) is 4.22. The van der Waals surface area contributed by atoms with Crippen LogP contribution >= 0.6 is 23.1 Å². The maximum atomic E-state index is 4.49. The zero-order chi connectivity index (χ0) is 13.0. The minimum Gasteiger partial charge on any atom is -0.310 e. The van der Waals surface area contributed by atoms with Crippen LogP contribution in [-0.2, 0) is 6.54 Å². The highest BCUT2D eigenvalue weighted by molar-refractivity contribution is 8.01.